The molecule has 19 heavy (non-hydrogen) atoms. The van der Waals surface area contributed by atoms with Crippen LogP contribution in [0.5, 0.6) is 0 Å². The van der Waals surface area contributed by atoms with Crippen molar-refractivity contribution in [3.63, 3.8) is 0 Å². The Kier molecular flexibility index (Phi) is 4.82. The number of hydrogen-bond acceptors (Lipinski definition) is 2. The normalized spacial score (nSPS) is 16.5. The summed E-state index contributed by atoms with van der Waals surface area (Å²) < 4.78 is 1.01. The third kappa shape index (κ3) is 3.70. The SMILES string of the molecule is Cc1cc(Br)ccc1NC(=O)N1CCC(CO)CC1. The van der Waals surface area contributed by atoms with E-state index < -0.39 is 0 Å². The third-order valence-corrected chi connectivity index (χ3v) is 4.08. The highest BCUT2D eigenvalue weighted by molar-refractivity contribution is 9.10. The van der Waals surface area contributed by atoms with Crippen LogP contribution < -0.4 is 5.32 Å². The molecule has 2 amide bonds. The maximum absolute atomic E-state index is 12.1. The smallest absolute Gasteiger partial charge is 0.321 e. The molecule has 1 fully saturated rings. The summed E-state index contributed by atoms with van der Waals surface area (Å²) in [6.07, 6.45) is 1.76. The highest BCUT2D eigenvalue weighted by Crippen LogP contribution is 2.22. The summed E-state index contributed by atoms with van der Waals surface area (Å²) >= 11 is 3.41. The molecule has 0 unspecified atom stereocenters. The zero-order chi connectivity index (χ0) is 13.8. The number of likely N-dealkylation sites (tertiary alicyclic amines) is 1. The molecule has 2 rings (SSSR count). The lowest BCUT2D eigenvalue weighted by Crippen LogP contribution is -2.41. The fourth-order valence-electron chi connectivity index (χ4n) is 2.28. The summed E-state index contributed by atoms with van der Waals surface area (Å²) in [4.78, 5) is 14.0. The van der Waals surface area contributed by atoms with Gasteiger partial charge in [0.15, 0.2) is 0 Å². The average molecular weight is 327 g/mol. The van der Waals surface area contributed by atoms with Gasteiger partial charge in [-0.15, -0.1) is 0 Å². The van der Waals surface area contributed by atoms with Gasteiger partial charge in [0.1, 0.15) is 0 Å². The van der Waals surface area contributed by atoms with Gasteiger partial charge in [0.25, 0.3) is 0 Å². The lowest BCUT2D eigenvalue weighted by atomic mass is 9.98. The molecule has 1 heterocycles. The molecule has 104 valence electrons. The maximum Gasteiger partial charge on any atom is 0.321 e. The van der Waals surface area contributed by atoms with Gasteiger partial charge in [-0.25, -0.2) is 4.79 Å². The first-order chi connectivity index (χ1) is 9.10. The Labute approximate surface area is 121 Å². The van der Waals surface area contributed by atoms with Gasteiger partial charge in [-0.05, 0) is 49.4 Å². The molecule has 0 bridgehead atoms. The van der Waals surface area contributed by atoms with Crippen molar-refractivity contribution in [1.82, 2.24) is 4.90 Å². The Balaban J connectivity index is 1.94. The minimum absolute atomic E-state index is 0.0539. The summed E-state index contributed by atoms with van der Waals surface area (Å²) in [6, 6.07) is 5.74. The van der Waals surface area contributed by atoms with Crippen LogP contribution in [0, 0.1) is 12.8 Å². The minimum atomic E-state index is -0.0539. The number of carbonyl (C=O) groups excluding carboxylic acids is 1. The Morgan fingerprint density at radius 2 is 2.16 bits per heavy atom. The monoisotopic (exact) mass is 326 g/mol. The molecule has 1 aliphatic rings. The minimum Gasteiger partial charge on any atom is -0.396 e. The van der Waals surface area contributed by atoms with Crippen molar-refractivity contribution in [2.75, 3.05) is 25.0 Å². The number of benzene rings is 1. The molecule has 1 aromatic carbocycles. The zero-order valence-corrected chi connectivity index (χ0v) is 12.6. The fraction of sp³-hybridized carbons (Fsp3) is 0.500. The first-order valence-electron chi connectivity index (χ1n) is 6.53. The molecule has 0 aliphatic carbocycles. The van der Waals surface area contributed by atoms with Crippen LogP contribution in [-0.2, 0) is 0 Å². The molecule has 1 aromatic rings. The van der Waals surface area contributed by atoms with E-state index in [9.17, 15) is 4.79 Å². The summed E-state index contributed by atoms with van der Waals surface area (Å²) in [7, 11) is 0. The van der Waals surface area contributed by atoms with Gasteiger partial charge in [0.05, 0.1) is 0 Å². The van der Waals surface area contributed by atoms with Crippen molar-refractivity contribution in [2.24, 2.45) is 5.92 Å². The summed E-state index contributed by atoms with van der Waals surface area (Å²) in [5.41, 5.74) is 1.88. The number of urea groups is 1. The van der Waals surface area contributed by atoms with Gasteiger partial charge in [-0.2, -0.15) is 0 Å². The van der Waals surface area contributed by atoms with Crippen molar-refractivity contribution in [3.8, 4) is 0 Å². The molecule has 0 aromatic heterocycles. The highest BCUT2D eigenvalue weighted by atomic mass is 79.9. The van der Waals surface area contributed by atoms with E-state index in [0.717, 1.165) is 28.6 Å². The number of aliphatic hydroxyl groups excluding tert-OH is 1. The highest BCUT2D eigenvalue weighted by Gasteiger charge is 2.22. The molecule has 2 N–H and O–H groups in total. The number of nitrogens with one attached hydrogen (secondary N) is 1. The van der Waals surface area contributed by atoms with Gasteiger partial charge < -0.3 is 15.3 Å². The summed E-state index contributed by atoms with van der Waals surface area (Å²) in [5.74, 6) is 0.346. The van der Waals surface area contributed by atoms with Crippen LogP contribution in [0.4, 0.5) is 10.5 Å². The van der Waals surface area contributed by atoms with Crippen molar-refractivity contribution in [1.29, 1.82) is 0 Å². The van der Waals surface area contributed by atoms with Crippen molar-refractivity contribution in [3.05, 3.63) is 28.2 Å². The largest absolute Gasteiger partial charge is 0.396 e. The second-order valence-corrected chi connectivity index (χ2v) is 5.92. The van der Waals surface area contributed by atoms with Gasteiger partial charge in [0.2, 0.25) is 0 Å². The van der Waals surface area contributed by atoms with E-state index in [4.69, 9.17) is 5.11 Å². The molecular formula is C14H19BrN2O2. The van der Waals surface area contributed by atoms with Crippen molar-refractivity contribution >= 4 is 27.6 Å². The predicted molar refractivity (Wildman–Crippen MR) is 79.3 cm³/mol. The molecule has 4 nitrogen and oxygen atoms in total. The van der Waals surface area contributed by atoms with Crippen LogP contribution in [0.2, 0.25) is 0 Å². The van der Waals surface area contributed by atoms with Crippen LogP contribution in [-0.4, -0.2) is 35.7 Å². The van der Waals surface area contributed by atoms with E-state index in [2.05, 4.69) is 21.2 Å². The molecular weight excluding hydrogens is 308 g/mol. The van der Waals surface area contributed by atoms with Crippen molar-refractivity contribution in [2.45, 2.75) is 19.8 Å². The van der Waals surface area contributed by atoms with Gasteiger partial charge in [-0.3, -0.25) is 0 Å². The van der Waals surface area contributed by atoms with Crippen LogP contribution >= 0.6 is 15.9 Å². The molecule has 0 spiro atoms. The van der Waals surface area contributed by atoms with E-state index >= 15 is 0 Å². The second-order valence-electron chi connectivity index (χ2n) is 5.00. The van der Waals surface area contributed by atoms with E-state index in [1.807, 2.05) is 30.0 Å². The molecule has 1 saturated heterocycles. The Morgan fingerprint density at radius 3 is 2.74 bits per heavy atom. The molecule has 5 heteroatoms. The van der Waals surface area contributed by atoms with Gasteiger partial charge in [0, 0.05) is 29.9 Å². The van der Waals surface area contributed by atoms with Crippen LogP contribution in [0.1, 0.15) is 18.4 Å². The van der Waals surface area contributed by atoms with E-state index in [1.54, 1.807) is 0 Å². The van der Waals surface area contributed by atoms with Crippen molar-refractivity contribution < 1.29 is 9.90 Å². The van der Waals surface area contributed by atoms with Gasteiger partial charge in [-0.1, -0.05) is 15.9 Å². The molecule has 0 atom stereocenters. The number of nitrogens with zero attached hydrogens (tertiary/aromatic N) is 1. The van der Waals surface area contributed by atoms with Crippen LogP contribution in [0.3, 0.4) is 0 Å². The first-order valence-corrected chi connectivity index (χ1v) is 7.32. The number of rotatable bonds is 2. The Hall–Kier alpha value is -1.07. The first kappa shape index (κ1) is 14.3. The summed E-state index contributed by atoms with van der Waals surface area (Å²) in [6.45, 7) is 3.62. The Morgan fingerprint density at radius 1 is 1.47 bits per heavy atom. The Bertz CT molecular complexity index is 457. The topological polar surface area (TPSA) is 52.6 Å². The maximum atomic E-state index is 12.1. The van der Waals surface area contributed by atoms with Crippen LogP contribution in [0.15, 0.2) is 22.7 Å². The van der Waals surface area contributed by atoms with E-state index in [0.29, 0.717) is 19.0 Å². The number of anilines is 1. The van der Waals surface area contributed by atoms with E-state index in [1.165, 1.54) is 0 Å². The molecule has 1 aliphatic heterocycles. The number of aryl methyl sites for hydroxylation is 1. The number of amides is 2. The number of carbonyl (C=O) groups is 1. The van der Waals surface area contributed by atoms with E-state index in [-0.39, 0.29) is 12.6 Å². The predicted octanol–water partition coefficient (Wildman–Crippen LogP) is 2.99. The zero-order valence-electron chi connectivity index (χ0n) is 11.0. The molecule has 0 radical (unpaired) electrons. The lowest BCUT2D eigenvalue weighted by Gasteiger charge is -2.31. The molecule has 0 saturated carbocycles. The average Bonchev–Trinajstić information content (AvgIpc) is 2.42. The lowest BCUT2D eigenvalue weighted by molar-refractivity contribution is 0.143. The van der Waals surface area contributed by atoms with Crippen LogP contribution in [0.25, 0.3) is 0 Å². The fourth-order valence-corrected chi connectivity index (χ4v) is 2.76. The standard InChI is InChI=1S/C14H19BrN2O2/c1-10-8-12(15)2-3-13(10)16-14(19)17-6-4-11(9-18)5-7-17/h2-3,8,11,18H,4-7,9H2,1H3,(H,16,19). The summed E-state index contributed by atoms with van der Waals surface area (Å²) in [5, 5.41) is 12.0. The second kappa shape index (κ2) is 6.39. The number of hydrogen-bond donors (Lipinski definition) is 2. The third-order valence-electron chi connectivity index (χ3n) is 3.59. The van der Waals surface area contributed by atoms with Gasteiger partial charge >= 0.3 is 6.03 Å². The number of piperidine rings is 1. The number of halogens is 1. The number of aliphatic hydroxyl groups is 1. The quantitative estimate of drug-likeness (QED) is 0.877.